The molecular formula is C12H18N4O. The number of hydrogen-bond donors (Lipinski definition) is 1. The second-order valence-electron chi connectivity index (χ2n) is 5.55. The number of hydrogen-bond acceptors (Lipinski definition) is 5. The molecule has 0 saturated carbocycles. The summed E-state index contributed by atoms with van der Waals surface area (Å²) in [6.07, 6.45) is 0. The monoisotopic (exact) mass is 234 g/mol. The van der Waals surface area contributed by atoms with E-state index in [0.717, 1.165) is 17.7 Å². The molecule has 0 atom stereocenters. The van der Waals surface area contributed by atoms with Crippen LogP contribution in [0, 0.1) is 5.41 Å². The molecule has 0 aliphatic carbocycles. The minimum Gasteiger partial charge on any atom is -0.397 e. The molecule has 0 bridgehead atoms. The van der Waals surface area contributed by atoms with Crippen molar-refractivity contribution in [2.45, 2.75) is 20.8 Å². The molecule has 0 unspecified atom stereocenters. The van der Waals surface area contributed by atoms with Gasteiger partial charge in [-0.2, -0.15) is 0 Å². The van der Waals surface area contributed by atoms with Crippen LogP contribution in [0.2, 0.25) is 0 Å². The predicted octanol–water partition coefficient (Wildman–Crippen LogP) is 2.29. The summed E-state index contributed by atoms with van der Waals surface area (Å²) < 4.78 is 4.76. The first kappa shape index (κ1) is 11.7. The van der Waals surface area contributed by atoms with Crippen molar-refractivity contribution in [1.82, 2.24) is 10.3 Å². The van der Waals surface area contributed by atoms with Crippen molar-refractivity contribution in [2.75, 3.05) is 24.2 Å². The zero-order valence-corrected chi connectivity index (χ0v) is 10.7. The van der Waals surface area contributed by atoms with Gasteiger partial charge in [0.1, 0.15) is 0 Å². The topological polar surface area (TPSA) is 68.2 Å². The summed E-state index contributed by atoms with van der Waals surface area (Å²) in [5.41, 5.74) is 8.95. The van der Waals surface area contributed by atoms with Crippen molar-refractivity contribution in [3.63, 3.8) is 0 Å². The highest BCUT2D eigenvalue weighted by atomic mass is 16.6. The third-order valence-corrected chi connectivity index (χ3v) is 2.55. The molecule has 2 aromatic rings. The maximum absolute atomic E-state index is 5.82. The Kier molecular flexibility index (Phi) is 2.69. The Morgan fingerprint density at radius 1 is 1.24 bits per heavy atom. The van der Waals surface area contributed by atoms with E-state index in [1.165, 1.54) is 0 Å². The Morgan fingerprint density at radius 2 is 1.88 bits per heavy atom. The van der Waals surface area contributed by atoms with Gasteiger partial charge < -0.3 is 10.6 Å². The van der Waals surface area contributed by atoms with Crippen LogP contribution in [0.5, 0.6) is 0 Å². The van der Waals surface area contributed by atoms with Crippen molar-refractivity contribution < 1.29 is 4.63 Å². The number of benzene rings is 1. The number of nitrogen functional groups attached to an aromatic ring is 1. The Morgan fingerprint density at radius 3 is 2.53 bits per heavy atom. The average molecular weight is 234 g/mol. The van der Waals surface area contributed by atoms with Crippen molar-refractivity contribution in [3.05, 3.63) is 12.1 Å². The van der Waals surface area contributed by atoms with E-state index < -0.39 is 0 Å². The number of rotatable bonds is 2. The largest absolute Gasteiger partial charge is 0.397 e. The quantitative estimate of drug-likeness (QED) is 0.807. The number of fused-ring (bicyclic) bond motifs is 1. The smallest absolute Gasteiger partial charge is 0.160 e. The van der Waals surface area contributed by atoms with Crippen LogP contribution in [-0.4, -0.2) is 23.9 Å². The standard InChI is InChI=1S/C12H18N4O/c1-12(2,3)7-16(4)9-6-5-8(13)10-11(9)15-17-14-10/h5-6H,7,13H2,1-4H3. The molecule has 0 radical (unpaired) electrons. The molecule has 1 aromatic heterocycles. The van der Waals surface area contributed by atoms with Gasteiger partial charge in [-0.05, 0) is 27.9 Å². The fourth-order valence-electron chi connectivity index (χ4n) is 1.98. The molecule has 17 heavy (non-hydrogen) atoms. The van der Waals surface area contributed by atoms with Gasteiger partial charge in [0, 0.05) is 13.6 Å². The van der Waals surface area contributed by atoms with Gasteiger partial charge in [0.25, 0.3) is 0 Å². The van der Waals surface area contributed by atoms with Crippen molar-refractivity contribution in [1.29, 1.82) is 0 Å². The molecule has 0 spiro atoms. The summed E-state index contributed by atoms with van der Waals surface area (Å²) in [5, 5.41) is 7.74. The van der Waals surface area contributed by atoms with Gasteiger partial charge in [0.15, 0.2) is 11.0 Å². The van der Waals surface area contributed by atoms with E-state index in [2.05, 4.69) is 36.0 Å². The van der Waals surface area contributed by atoms with Crippen LogP contribution in [0.3, 0.4) is 0 Å². The Labute approximate surface area is 101 Å². The number of aromatic nitrogens is 2. The van der Waals surface area contributed by atoms with Crippen LogP contribution >= 0.6 is 0 Å². The first-order chi connectivity index (χ1) is 7.88. The first-order valence-corrected chi connectivity index (χ1v) is 5.60. The van der Waals surface area contributed by atoms with Crippen LogP contribution in [0.4, 0.5) is 11.4 Å². The van der Waals surface area contributed by atoms with Gasteiger partial charge in [-0.1, -0.05) is 20.8 Å². The van der Waals surface area contributed by atoms with Crippen LogP contribution in [-0.2, 0) is 0 Å². The normalized spacial score (nSPS) is 12.0. The summed E-state index contributed by atoms with van der Waals surface area (Å²) in [4.78, 5) is 2.14. The van der Waals surface area contributed by atoms with Crippen molar-refractivity contribution >= 4 is 22.4 Å². The maximum Gasteiger partial charge on any atom is 0.160 e. The molecule has 5 heteroatoms. The van der Waals surface area contributed by atoms with E-state index in [4.69, 9.17) is 10.4 Å². The van der Waals surface area contributed by atoms with E-state index >= 15 is 0 Å². The molecule has 0 amide bonds. The summed E-state index contributed by atoms with van der Waals surface area (Å²) >= 11 is 0. The predicted molar refractivity (Wildman–Crippen MR) is 68.9 cm³/mol. The molecule has 0 aliphatic heterocycles. The molecule has 92 valence electrons. The van der Waals surface area contributed by atoms with Gasteiger partial charge >= 0.3 is 0 Å². The zero-order valence-electron chi connectivity index (χ0n) is 10.7. The first-order valence-electron chi connectivity index (χ1n) is 5.60. The maximum atomic E-state index is 5.82. The second-order valence-corrected chi connectivity index (χ2v) is 5.55. The Hall–Kier alpha value is -1.78. The molecule has 0 aliphatic rings. The molecular weight excluding hydrogens is 216 g/mol. The molecule has 0 saturated heterocycles. The fraction of sp³-hybridized carbons (Fsp3) is 0.500. The van der Waals surface area contributed by atoms with Gasteiger partial charge in [0.2, 0.25) is 0 Å². The van der Waals surface area contributed by atoms with Crippen molar-refractivity contribution in [2.24, 2.45) is 5.41 Å². The lowest BCUT2D eigenvalue weighted by Crippen LogP contribution is -2.29. The SMILES string of the molecule is CN(CC(C)(C)C)c1ccc(N)c2nonc12. The highest BCUT2D eigenvalue weighted by Gasteiger charge is 2.18. The van der Waals surface area contributed by atoms with E-state index in [1.807, 2.05) is 19.2 Å². The third-order valence-electron chi connectivity index (χ3n) is 2.55. The van der Waals surface area contributed by atoms with E-state index in [-0.39, 0.29) is 5.41 Å². The zero-order chi connectivity index (χ0) is 12.6. The van der Waals surface area contributed by atoms with Crippen LogP contribution in [0.15, 0.2) is 16.8 Å². The van der Waals surface area contributed by atoms with Crippen molar-refractivity contribution in [3.8, 4) is 0 Å². The van der Waals surface area contributed by atoms with Gasteiger partial charge in [-0.3, -0.25) is 0 Å². The molecule has 1 aromatic carbocycles. The fourth-order valence-corrected chi connectivity index (χ4v) is 1.98. The minimum absolute atomic E-state index is 0.208. The number of nitrogens with zero attached hydrogens (tertiary/aromatic N) is 3. The van der Waals surface area contributed by atoms with E-state index in [0.29, 0.717) is 11.2 Å². The lowest BCUT2D eigenvalue weighted by atomic mass is 9.96. The molecule has 1 heterocycles. The van der Waals surface area contributed by atoms with Gasteiger partial charge in [-0.25, -0.2) is 4.63 Å². The van der Waals surface area contributed by atoms with Gasteiger partial charge in [-0.15, -0.1) is 0 Å². The minimum atomic E-state index is 0.208. The highest BCUT2D eigenvalue weighted by molar-refractivity contribution is 5.95. The third kappa shape index (κ3) is 2.33. The highest BCUT2D eigenvalue weighted by Crippen LogP contribution is 2.29. The Bertz CT molecular complexity index is 527. The summed E-state index contributed by atoms with van der Waals surface area (Å²) in [6.45, 7) is 7.50. The number of anilines is 2. The summed E-state index contributed by atoms with van der Waals surface area (Å²) in [7, 11) is 2.03. The second kappa shape index (κ2) is 3.91. The van der Waals surface area contributed by atoms with Gasteiger partial charge in [0.05, 0.1) is 11.4 Å². The molecule has 5 nitrogen and oxygen atoms in total. The summed E-state index contributed by atoms with van der Waals surface area (Å²) in [5.74, 6) is 0. The summed E-state index contributed by atoms with van der Waals surface area (Å²) in [6, 6.07) is 3.79. The molecule has 2 N–H and O–H groups in total. The van der Waals surface area contributed by atoms with Crippen LogP contribution in [0.1, 0.15) is 20.8 Å². The lowest BCUT2D eigenvalue weighted by Gasteiger charge is -2.28. The Balaban J connectivity index is 2.42. The molecule has 2 rings (SSSR count). The number of nitrogens with two attached hydrogens (primary N) is 1. The van der Waals surface area contributed by atoms with Crippen LogP contribution in [0.25, 0.3) is 11.0 Å². The molecule has 0 fully saturated rings. The van der Waals surface area contributed by atoms with E-state index in [1.54, 1.807) is 0 Å². The van der Waals surface area contributed by atoms with E-state index in [9.17, 15) is 0 Å². The van der Waals surface area contributed by atoms with Crippen LogP contribution < -0.4 is 10.6 Å². The lowest BCUT2D eigenvalue weighted by molar-refractivity contribution is 0.315. The average Bonchev–Trinajstić information content (AvgIpc) is 2.64.